The van der Waals surface area contributed by atoms with Gasteiger partial charge in [0.2, 0.25) is 5.91 Å². The lowest BCUT2D eigenvalue weighted by molar-refractivity contribution is -0.131. The van der Waals surface area contributed by atoms with E-state index in [1.807, 2.05) is 17.0 Å². The fraction of sp³-hybridized carbons (Fsp3) is 0.458. The largest absolute Gasteiger partial charge is 0.368 e. The Morgan fingerprint density at radius 3 is 2.34 bits per heavy atom. The third-order valence-electron chi connectivity index (χ3n) is 6.26. The minimum atomic E-state index is -0.214. The Balaban J connectivity index is 1.26. The highest BCUT2D eigenvalue weighted by Gasteiger charge is 2.27. The third kappa shape index (κ3) is 4.78. The fourth-order valence-corrected chi connectivity index (χ4v) is 4.52. The molecule has 2 aliphatic heterocycles. The topological polar surface area (TPSA) is 26.8 Å². The van der Waals surface area contributed by atoms with E-state index in [1.165, 1.54) is 36.1 Å². The predicted octanol–water partition coefficient (Wildman–Crippen LogP) is 4.01. The van der Waals surface area contributed by atoms with Crippen LogP contribution >= 0.6 is 0 Å². The molecular formula is C24H30FN3O. The highest BCUT2D eigenvalue weighted by Crippen LogP contribution is 2.32. The van der Waals surface area contributed by atoms with Crippen molar-refractivity contribution in [3.63, 3.8) is 0 Å². The molecule has 5 heteroatoms. The Bertz CT molecular complexity index is 813. The van der Waals surface area contributed by atoms with Crippen LogP contribution in [0.1, 0.15) is 36.4 Å². The van der Waals surface area contributed by atoms with Crippen LogP contribution in [0, 0.1) is 12.7 Å². The minimum absolute atomic E-state index is 0.214. The number of aryl methyl sites for hydroxylation is 1. The van der Waals surface area contributed by atoms with E-state index in [4.69, 9.17) is 0 Å². The second-order valence-electron chi connectivity index (χ2n) is 8.20. The van der Waals surface area contributed by atoms with Gasteiger partial charge in [0.05, 0.1) is 0 Å². The highest BCUT2D eigenvalue weighted by atomic mass is 19.1. The molecule has 1 amide bonds. The molecule has 0 unspecified atom stereocenters. The summed E-state index contributed by atoms with van der Waals surface area (Å²) >= 11 is 0. The molecule has 1 atom stereocenters. The number of nitrogens with zero attached hydrogens (tertiary/aromatic N) is 3. The number of rotatable bonds is 5. The molecule has 0 saturated carbocycles. The summed E-state index contributed by atoms with van der Waals surface area (Å²) in [6.07, 6.45) is 2.95. The van der Waals surface area contributed by atoms with Gasteiger partial charge in [-0.3, -0.25) is 9.69 Å². The normalized spacial score (nSPS) is 20.3. The number of anilines is 1. The molecule has 2 fully saturated rings. The average molecular weight is 396 g/mol. The molecule has 0 N–H and O–H groups in total. The van der Waals surface area contributed by atoms with E-state index in [9.17, 15) is 9.18 Å². The third-order valence-corrected chi connectivity index (χ3v) is 6.26. The van der Waals surface area contributed by atoms with Crippen LogP contribution in [0.5, 0.6) is 0 Å². The maximum Gasteiger partial charge on any atom is 0.223 e. The molecule has 2 aromatic carbocycles. The first-order valence-corrected chi connectivity index (χ1v) is 10.7. The molecule has 154 valence electrons. The second-order valence-corrected chi connectivity index (χ2v) is 8.20. The van der Waals surface area contributed by atoms with E-state index < -0.39 is 0 Å². The maximum absolute atomic E-state index is 13.1. The number of halogens is 1. The lowest BCUT2D eigenvalue weighted by Gasteiger charge is -2.36. The summed E-state index contributed by atoms with van der Waals surface area (Å²) in [4.78, 5) is 19.4. The molecule has 2 aliphatic rings. The summed E-state index contributed by atoms with van der Waals surface area (Å²) < 4.78 is 13.1. The smallest absolute Gasteiger partial charge is 0.223 e. The van der Waals surface area contributed by atoms with Crippen molar-refractivity contribution in [1.82, 2.24) is 9.80 Å². The van der Waals surface area contributed by atoms with E-state index in [1.54, 1.807) is 0 Å². The minimum Gasteiger partial charge on any atom is -0.368 e. The van der Waals surface area contributed by atoms with Crippen LogP contribution in [-0.2, 0) is 4.79 Å². The molecule has 0 bridgehead atoms. The summed E-state index contributed by atoms with van der Waals surface area (Å²) in [7, 11) is 0. The number of likely N-dealkylation sites (tertiary alicyclic amines) is 1. The lowest BCUT2D eigenvalue weighted by atomic mass is 10.0. The van der Waals surface area contributed by atoms with Gasteiger partial charge in [-0.2, -0.15) is 0 Å². The van der Waals surface area contributed by atoms with Crippen molar-refractivity contribution in [2.75, 3.05) is 44.2 Å². The van der Waals surface area contributed by atoms with Crippen molar-refractivity contribution in [1.29, 1.82) is 0 Å². The summed E-state index contributed by atoms with van der Waals surface area (Å²) in [6.45, 7) is 7.08. The molecule has 0 spiro atoms. The zero-order valence-electron chi connectivity index (χ0n) is 17.2. The van der Waals surface area contributed by atoms with Crippen molar-refractivity contribution in [2.24, 2.45) is 0 Å². The van der Waals surface area contributed by atoms with Gasteiger partial charge in [-0.25, -0.2) is 4.39 Å². The quantitative estimate of drug-likeness (QED) is 0.765. The van der Waals surface area contributed by atoms with Crippen molar-refractivity contribution >= 4 is 11.6 Å². The number of hydrogen-bond acceptors (Lipinski definition) is 3. The first kappa shape index (κ1) is 19.9. The Hall–Kier alpha value is -2.40. The predicted molar refractivity (Wildman–Crippen MR) is 115 cm³/mol. The monoisotopic (exact) mass is 395 g/mol. The van der Waals surface area contributed by atoms with Gasteiger partial charge in [0.1, 0.15) is 5.82 Å². The van der Waals surface area contributed by atoms with Crippen molar-refractivity contribution in [3.8, 4) is 0 Å². The Labute approximate surface area is 172 Å². The molecule has 0 aromatic heterocycles. The van der Waals surface area contributed by atoms with E-state index >= 15 is 0 Å². The number of carbonyl (C=O) groups excluding carboxylic acids is 1. The van der Waals surface area contributed by atoms with Gasteiger partial charge in [0, 0.05) is 50.9 Å². The average Bonchev–Trinajstić information content (AvgIpc) is 3.22. The Kier molecular flexibility index (Phi) is 6.14. The van der Waals surface area contributed by atoms with Gasteiger partial charge in [-0.1, -0.05) is 29.8 Å². The second kappa shape index (κ2) is 8.95. The number of hydrogen-bond donors (Lipinski definition) is 0. The lowest BCUT2D eigenvalue weighted by Crippen LogP contribution is -2.49. The van der Waals surface area contributed by atoms with E-state index in [0.29, 0.717) is 12.5 Å². The number of carbonyl (C=O) groups is 1. The SMILES string of the molecule is Cc1ccc([C@H]2CCCN2CCC(=O)N2CCN(c3ccc(F)cc3)CC2)cc1. The van der Waals surface area contributed by atoms with Gasteiger partial charge >= 0.3 is 0 Å². The summed E-state index contributed by atoms with van der Waals surface area (Å²) in [5.41, 5.74) is 3.68. The molecule has 2 heterocycles. The number of benzene rings is 2. The zero-order valence-corrected chi connectivity index (χ0v) is 17.2. The Morgan fingerprint density at radius 2 is 1.66 bits per heavy atom. The first-order valence-electron chi connectivity index (χ1n) is 10.7. The standard InChI is InChI=1S/C24H30FN3O/c1-19-4-6-20(7-5-19)23-3-2-13-27(23)14-12-24(29)28-17-15-26(16-18-28)22-10-8-21(25)9-11-22/h4-11,23H,2-3,12-18H2,1H3/t23-/m1/s1. The van der Waals surface area contributed by atoms with E-state index in [2.05, 4.69) is 41.0 Å². The van der Waals surface area contributed by atoms with Crippen LogP contribution in [0.3, 0.4) is 0 Å². The summed E-state index contributed by atoms with van der Waals surface area (Å²) in [6, 6.07) is 15.9. The highest BCUT2D eigenvalue weighted by molar-refractivity contribution is 5.76. The maximum atomic E-state index is 13.1. The Morgan fingerprint density at radius 1 is 0.966 bits per heavy atom. The van der Waals surface area contributed by atoms with E-state index in [0.717, 1.165) is 45.0 Å². The molecule has 0 radical (unpaired) electrons. The number of piperazine rings is 1. The number of amides is 1. The van der Waals surface area contributed by atoms with Crippen LogP contribution in [0.4, 0.5) is 10.1 Å². The van der Waals surface area contributed by atoms with Gasteiger partial charge in [0.25, 0.3) is 0 Å². The summed E-state index contributed by atoms with van der Waals surface area (Å²) in [5.74, 6) is 0.0340. The molecular weight excluding hydrogens is 365 g/mol. The van der Waals surface area contributed by atoms with Crippen LogP contribution in [0.2, 0.25) is 0 Å². The zero-order chi connectivity index (χ0) is 20.2. The molecule has 0 aliphatic carbocycles. The van der Waals surface area contributed by atoms with Crippen molar-refractivity contribution in [2.45, 2.75) is 32.2 Å². The fourth-order valence-electron chi connectivity index (χ4n) is 4.52. The van der Waals surface area contributed by atoms with Crippen LogP contribution in [0.15, 0.2) is 48.5 Å². The van der Waals surface area contributed by atoms with Gasteiger partial charge < -0.3 is 9.80 Å². The molecule has 4 rings (SSSR count). The van der Waals surface area contributed by atoms with Crippen molar-refractivity contribution in [3.05, 3.63) is 65.5 Å². The first-order chi connectivity index (χ1) is 14.1. The van der Waals surface area contributed by atoms with Crippen LogP contribution in [-0.4, -0.2) is 55.0 Å². The molecule has 2 saturated heterocycles. The molecule has 2 aromatic rings. The molecule has 4 nitrogen and oxygen atoms in total. The summed E-state index contributed by atoms with van der Waals surface area (Å²) in [5, 5.41) is 0. The van der Waals surface area contributed by atoms with E-state index in [-0.39, 0.29) is 11.7 Å². The van der Waals surface area contributed by atoms with Gasteiger partial charge in [-0.15, -0.1) is 0 Å². The van der Waals surface area contributed by atoms with Crippen LogP contribution < -0.4 is 4.90 Å². The molecule has 29 heavy (non-hydrogen) atoms. The van der Waals surface area contributed by atoms with Crippen molar-refractivity contribution < 1.29 is 9.18 Å². The van der Waals surface area contributed by atoms with Gasteiger partial charge in [-0.05, 0) is 56.1 Å². The van der Waals surface area contributed by atoms with Gasteiger partial charge in [0.15, 0.2) is 0 Å². The van der Waals surface area contributed by atoms with Crippen LogP contribution in [0.25, 0.3) is 0 Å².